The maximum atomic E-state index is 11.0. The third-order valence-electron chi connectivity index (χ3n) is 2.58. The summed E-state index contributed by atoms with van der Waals surface area (Å²) in [6.07, 6.45) is 0. The lowest BCUT2D eigenvalue weighted by Crippen LogP contribution is -2.22. The van der Waals surface area contributed by atoms with E-state index in [0.29, 0.717) is 16.3 Å². The summed E-state index contributed by atoms with van der Waals surface area (Å²) in [6.45, 7) is 5.88. The molecule has 4 nitrogen and oxygen atoms in total. The van der Waals surface area contributed by atoms with E-state index >= 15 is 0 Å². The zero-order valence-electron chi connectivity index (χ0n) is 9.47. The van der Waals surface area contributed by atoms with Gasteiger partial charge in [0, 0.05) is 23.2 Å². The number of Topliss-reactive ketones (excluding diaryl/α,β-unsaturated/α-hetero) is 1. The standard InChI is InChI=1S/C10H14N2O2S2/c1-5(13)10-11-9(12-14-10)8-4-15-6(2)7(3)16-8/h6-8H,4H2,1-3H3. The number of hydrogen-bond acceptors (Lipinski definition) is 6. The Balaban J connectivity index is 2.09. The molecule has 1 saturated heterocycles. The van der Waals surface area contributed by atoms with E-state index in [1.165, 1.54) is 6.92 Å². The van der Waals surface area contributed by atoms with Crippen LogP contribution in [-0.4, -0.2) is 32.2 Å². The molecule has 3 atom stereocenters. The van der Waals surface area contributed by atoms with Gasteiger partial charge in [0.25, 0.3) is 5.89 Å². The summed E-state index contributed by atoms with van der Waals surface area (Å²) in [5, 5.41) is 5.35. The van der Waals surface area contributed by atoms with Crippen LogP contribution in [0.4, 0.5) is 0 Å². The highest BCUT2D eigenvalue weighted by Gasteiger charge is 2.30. The van der Waals surface area contributed by atoms with Crippen molar-refractivity contribution in [3.8, 4) is 0 Å². The largest absolute Gasteiger partial charge is 0.331 e. The van der Waals surface area contributed by atoms with Gasteiger partial charge in [-0.1, -0.05) is 19.0 Å². The van der Waals surface area contributed by atoms with Gasteiger partial charge in [-0.15, -0.1) is 11.8 Å². The highest BCUT2D eigenvalue weighted by atomic mass is 32.2. The molecule has 1 aromatic rings. The summed E-state index contributed by atoms with van der Waals surface area (Å²) in [5.74, 6) is 1.58. The Kier molecular flexibility index (Phi) is 3.59. The van der Waals surface area contributed by atoms with Crippen molar-refractivity contribution in [2.24, 2.45) is 0 Å². The van der Waals surface area contributed by atoms with Crippen molar-refractivity contribution < 1.29 is 9.32 Å². The van der Waals surface area contributed by atoms with Crippen LogP contribution in [0.15, 0.2) is 4.52 Å². The second kappa shape index (κ2) is 4.79. The topological polar surface area (TPSA) is 56.0 Å². The Morgan fingerprint density at radius 3 is 2.75 bits per heavy atom. The van der Waals surface area contributed by atoms with Crippen LogP contribution in [0.2, 0.25) is 0 Å². The van der Waals surface area contributed by atoms with Crippen molar-refractivity contribution >= 4 is 29.3 Å². The number of nitrogens with zero attached hydrogens (tertiary/aromatic N) is 2. The number of carbonyl (C=O) groups is 1. The Morgan fingerprint density at radius 2 is 2.19 bits per heavy atom. The molecule has 0 N–H and O–H groups in total. The first-order valence-electron chi connectivity index (χ1n) is 5.19. The Bertz CT molecular complexity index is 394. The summed E-state index contributed by atoms with van der Waals surface area (Å²) >= 11 is 3.77. The molecule has 2 heterocycles. The van der Waals surface area contributed by atoms with Gasteiger partial charge in [0.1, 0.15) is 0 Å². The van der Waals surface area contributed by atoms with E-state index in [9.17, 15) is 4.79 Å². The highest BCUT2D eigenvalue weighted by Crippen LogP contribution is 2.43. The number of aromatic nitrogens is 2. The third-order valence-corrected chi connectivity index (χ3v) is 5.97. The van der Waals surface area contributed by atoms with E-state index in [4.69, 9.17) is 4.52 Å². The van der Waals surface area contributed by atoms with Gasteiger partial charge in [-0.3, -0.25) is 4.79 Å². The summed E-state index contributed by atoms with van der Waals surface area (Å²) in [5.41, 5.74) is 0. The predicted octanol–water partition coefficient (Wildman–Crippen LogP) is 2.57. The summed E-state index contributed by atoms with van der Waals surface area (Å²) < 4.78 is 4.91. The average Bonchev–Trinajstić information content (AvgIpc) is 2.71. The van der Waals surface area contributed by atoms with E-state index in [1.807, 2.05) is 23.5 Å². The van der Waals surface area contributed by atoms with Crippen molar-refractivity contribution in [2.75, 3.05) is 5.75 Å². The van der Waals surface area contributed by atoms with Gasteiger partial charge in [0.15, 0.2) is 5.82 Å². The first-order chi connectivity index (χ1) is 7.58. The molecule has 2 rings (SSSR count). The van der Waals surface area contributed by atoms with E-state index in [-0.39, 0.29) is 16.9 Å². The molecule has 16 heavy (non-hydrogen) atoms. The minimum atomic E-state index is -0.173. The fourth-order valence-corrected chi connectivity index (χ4v) is 4.26. The second-order valence-corrected chi connectivity index (χ2v) is 6.88. The monoisotopic (exact) mass is 258 g/mol. The van der Waals surface area contributed by atoms with Gasteiger partial charge in [-0.2, -0.15) is 16.7 Å². The molecular formula is C10H14N2O2S2. The van der Waals surface area contributed by atoms with Gasteiger partial charge in [-0.25, -0.2) is 0 Å². The second-order valence-electron chi connectivity index (χ2n) is 3.88. The van der Waals surface area contributed by atoms with E-state index in [2.05, 4.69) is 24.0 Å². The fraction of sp³-hybridized carbons (Fsp3) is 0.700. The number of rotatable bonds is 2. The first kappa shape index (κ1) is 12.0. The smallest absolute Gasteiger partial charge is 0.293 e. The van der Waals surface area contributed by atoms with Crippen LogP contribution >= 0.6 is 23.5 Å². The van der Waals surface area contributed by atoms with Crippen LogP contribution in [0.25, 0.3) is 0 Å². The lowest BCUT2D eigenvalue weighted by atomic mass is 10.3. The van der Waals surface area contributed by atoms with Crippen molar-refractivity contribution in [1.29, 1.82) is 0 Å². The zero-order valence-corrected chi connectivity index (χ0v) is 11.1. The average molecular weight is 258 g/mol. The molecule has 0 amide bonds. The van der Waals surface area contributed by atoms with E-state index in [1.54, 1.807) is 0 Å². The number of hydrogen-bond donors (Lipinski definition) is 0. The molecule has 88 valence electrons. The highest BCUT2D eigenvalue weighted by molar-refractivity contribution is 8.07. The quantitative estimate of drug-likeness (QED) is 0.760. The lowest BCUT2D eigenvalue weighted by molar-refractivity contribution is 0.0972. The van der Waals surface area contributed by atoms with Crippen molar-refractivity contribution in [2.45, 2.75) is 36.5 Å². The van der Waals surface area contributed by atoms with Gasteiger partial charge in [-0.05, 0) is 0 Å². The summed E-state index contributed by atoms with van der Waals surface area (Å²) in [7, 11) is 0. The van der Waals surface area contributed by atoms with Gasteiger partial charge >= 0.3 is 0 Å². The molecule has 6 heteroatoms. The van der Waals surface area contributed by atoms with Crippen molar-refractivity contribution in [3.63, 3.8) is 0 Å². The molecule has 1 aromatic heterocycles. The van der Waals surface area contributed by atoms with Gasteiger partial charge in [0.05, 0.1) is 5.25 Å². The molecule has 0 radical (unpaired) electrons. The van der Waals surface area contributed by atoms with Crippen LogP contribution in [-0.2, 0) is 0 Å². The lowest BCUT2D eigenvalue weighted by Gasteiger charge is -2.29. The van der Waals surface area contributed by atoms with Crippen molar-refractivity contribution in [3.05, 3.63) is 11.7 Å². The van der Waals surface area contributed by atoms with Gasteiger partial charge < -0.3 is 4.52 Å². The van der Waals surface area contributed by atoms with Crippen LogP contribution < -0.4 is 0 Å². The molecule has 1 aliphatic heterocycles. The molecule has 3 unspecified atom stereocenters. The third kappa shape index (κ3) is 2.43. The molecule has 0 aromatic carbocycles. The van der Waals surface area contributed by atoms with Crippen LogP contribution in [0.1, 0.15) is 42.5 Å². The van der Waals surface area contributed by atoms with Crippen LogP contribution in [0.5, 0.6) is 0 Å². The number of ketones is 1. The minimum absolute atomic E-state index is 0.117. The molecular weight excluding hydrogens is 244 g/mol. The normalized spacial score (nSPS) is 30.3. The maximum Gasteiger partial charge on any atom is 0.293 e. The van der Waals surface area contributed by atoms with Crippen molar-refractivity contribution in [1.82, 2.24) is 10.1 Å². The summed E-state index contributed by atoms with van der Waals surface area (Å²) in [6, 6.07) is 0. The van der Waals surface area contributed by atoms with Crippen LogP contribution in [0, 0.1) is 0 Å². The predicted molar refractivity (Wildman–Crippen MR) is 66.0 cm³/mol. The number of thioether (sulfide) groups is 2. The molecule has 1 aliphatic rings. The SMILES string of the molecule is CC(=O)c1nc(C2CSC(C)C(C)S2)no1. The van der Waals surface area contributed by atoms with E-state index < -0.39 is 0 Å². The maximum absolute atomic E-state index is 11.0. The molecule has 0 aliphatic carbocycles. The van der Waals surface area contributed by atoms with Crippen LogP contribution in [0.3, 0.4) is 0 Å². The zero-order chi connectivity index (χ0) is 11.7. The minimum Gasteiger partial charge on any atom is -0.331 e. The fourth-order valence-electron chi connectivity index (χ4n) is 1.43. The molecule has 0 spiro atoms. The van der Waals surface area contributed by atoms with Gasteiger partial charge in [0.2, 0.25) is 5.78 Å². The molecule has 0 saturated carbocycles. The molecule has 0 bridgehead atoms. The number of carbonyl (C=O) groups excluding carboxylic acids is 1. The Hall–Kier alpha value is -0.490. The Labute approximate surface area is 103 Å². The van der Waals surface area contributed by atoms with E-state index in [0.717, 1.165) is 5.75 Å². The Morgan fingerprint density at radius 1 is 1.44 bits per heavy atom. The molecule has 1 fully saturated rings. The summed E-state index contributed by atoms with van der Waals surface area (Å²) in [4.78, 5) is 15.2. The first-order valence-corrected chi connectivity index (χ1v) is 7.18.